The van der Waals surface area contributed by atoms with Gasteiger partial charge in [0.15, 0.2) is 0 Å². The fraction of sp³-hybridized carbons (Fsp3) is 0.316. The maximum atomic E-state index is 12.1. The molecule has 2 aromatic rings. The molecule has 4 heteroatoms. The van der Waals surface area contributed by atoms with Crippen LogP contribution in [0.25, 0.3) is 0 Å². The number of carbonyl (C=O) groups is 1. The number of ether oxygens (including phenoxy) is 1. The second-order valence-electron chi connectivity index (χ2n) is 5.85. The highest BCUT2D eigenvalue weighted by Crippen LogP contribution is 2.25. The Balaban J connectivity index is 1.60. The van der Waals surface area contributed by atoms with E-state index >= 15 is 0 Å². The first-order valence-electron chi connectivity index (χ1n) is 8.03. The second kappa shape index (κ2) is 7.29. The average molecular weight is 311 g/mol. The van der Waals surface area contributed by atoms with Gasteiger partial charge in [-0.05, 0) is 55.7 Å². The van der Waals surface area contributed by atoms with E-state index in [9.17, 15) is 9.90 Å². The van der Waals surface area contributed by atoms with Gasteiger partial charge in [-0.2, -0.15) is 0 Å². The van der Waals surface area contributed by atoms with Crippen molar-refractivity contribution in [1.82, 2.24) is 0 Å². The highest BCUT2D eigenvalue weighted by atomic mass is 16.5. The van der Waals surface area contributed by atoms with Crippen LogP contribution < -0.4 is 10.1 Å². The number of nitrogens with one attached hydrogen (secondary N) is 1. The zero-order valence-electron chi connectivity index (χ0n) is 12.9. The van der Waals surface area contributed by atoms with Crippen LogP contribution in [-0.4, -0.2) is 23.2 Å². The zero-order valence-corrected chi connectivity index (χ0v) is 12.9. The van der Waals surface area contributed by atoms with Crippen LogP contribution in [0.1, 0.15) is 36.0 Å². The normalized spacial score (nSPS) is 20.7. The Morgan fingerprint density at radius 1 is 1.00 bits per heavy atom. The van der Waals surface area contributed by atoms with E-state index < -0.39 is 0 Å². The summed E-state index contributed by atoms with van der Waals surface area (Å²) in [5.41, 5.74) is 1.34. The van der Waals surface area contributed by atoms with Crippen LogP contribution in [0.3, 0.4) is 0 Å². The van der Waals surface area contributed by atoms with Gasteiger partial charge in [0.1, 0.15) is 11.9 Å². The molecule has 23 heavy (non-hydrogen) atoms. The Labute approximate surface area is 136 Å². The SMILES string of the molecule is O=C(Nc1ccc(OC2CCCCC2O)cc1)c1ccccc1. The van der Waals surface area contributed by atoms with E-state index in [1.807, 2.05) is 42.5 Å². The van der Waals surface area contributed by atoms with Crippen molar-refractivity contribution >= 4 is 11.6 Å². The smallest absolute Gasteiger partial charge is 0.255 e. The fourth-order valence-corrected chi connectivity index (χ4v) is 2.80. The number of hydrogen-bond acceptors (Lipinski definition) is 3. The predicted molar refractivity (Wildman–Crippen MR) is 89.7 cm³/mol. The van der Waals surface area contributed by atoms with Gasteiger partial charge < -0.3 is 15.2 Å². The molecule has 1 amide bonds. The molecular formula is C19H21NO3. The van der Waals surface area contributed by atoms with E-state index in [1.54, 1.807) is 12.1 Å². The Bertz CT molecular complexity index is 639. The molecule has 3 rings (SSSR count). The molecule has 0 radical (unpaired) electrons. The summed E-state index contributed by atoms with van der Waals surface area (Å²) in [6.45, 7) is 0. The van der Waals surface area contributed by atoms with Crippen molar-refractivity contribution in [2.75, 3.05) is 5.32 Å². The van der Waals surface area contributed by atoms with Crippen molar-refractivity contribution in [3.8, 4) is 5.75 Å². The van der Waals surface area contributed by atoms with Crippen molar-refractivity contribution < 1.29 is 14.6 Å². The molecule has 0 aliphatic heterocycles. The van der Waals surface area contributed by atoms with Crippen LogP contribution in [0.5, 0.6) is 5.75 Å². The summed E-state index contributed by atoms with van der Waals surface area (Å²) in [6.07, 6.45) is 3.32. The van der Waals surface area contributed by atoms with Crippen LogP contribution >= 0.6 is 0 Å². The first kappa shape index (κ1) is 15.6. The Kier molecular flexibility index (Phi) is 4.93. The number of aliphatic hydroxyl groups excluding tert-OH is 1. The third-order valence-electron chi connectivity index (χ3n) is 4.10. The van der Waals surface area contributed by atoms with Crippen LogP contribution in [-0.2, 0) is 0 Å². The summed E-state index contributed by atoms with van der Waals surface area (Å²) in [6, 6.07) is 16.4. The van der Waals surface area contributed by atoms with Gasteiger partial charge in [-0.25, -0.2) is 0 Å². The summed E-state index contributed by atoms with van der Waals surface area (Å²) < 4.78 is 5.85. The molecule has 0 bridgehead atoms. The Morgan fingerprint density at radius 2 is 1.70 bits per heavy atom. The summed E-state index contributed by atoms with van der Waals surface area (Å²) >= 11 is 0. The third kappa shape index (κ3) is 4.11. The van der Waals surface area contributed by atoms with Crippen molar-refractivity contribution in [3.63, 3.8) is 0 Å². The van der Waals surface area contributed by atoms with Gasteiger partial charge in [0.2, 0.25) is 0 Å². The van der Waals surface area contributed by atoms with Crippen molar-refractivity contribution in [3.05, 3.63) is 60.2 Å². The average Bonchev–Trinajstić information content (AvgIpc) is 2.59. The quantitative estimate of drug-likeness (QED) is 0.906. The highest BCUT2D eigenvalue weighted by Gasteiger charge is 2.24. The Hall–Kier alpha value is -2.33. The maximum Gasteiger partial charge on any atom is 0.255 e. The van der Waals surface area contributed by atoms with Crippen molar-refractivity contribution in [2.45, 2.75) is 37.9 Å². The van der Waals surface area contributed by atoms with Gasteiger partial charge in [-0.3, -0.25) is 4.79 Å². The molecule has 1 fully saturated rings. The molecule has 0 aromatic heterocycles. The van der Waals surface area contributed by atoms with Crippen LogP contribution in [0.15, 0.2) is 54.6 Å². The molecule has 2 N–H and O–H groups in total. The first-order chi connectivity index (χ1) is 11.2. The fourth-order valence-electron chi connectivity index (χ4n) is 2.80. The van der Waals surface area contributed by atoms with E-state index in [1.165, 1.54) is 0 Å². The largest absolute Gasteiger partial charge is 0.488 e. The Morgan fingerprint density at radius 3 is 2.39 bits per heavy atom. The molecule has 0 saturated heterocycles. The monoisotopic (exact) mass is 311 g/mol. The van der Waals surface area contributed by atoms with E-state index in [0.717, 1.165) is 31.4 Å². The molecule has 1 aliphatic carbocycles. The van der Waals surface area contributed by atoms with Gasteiger partial charge in [-0.1, -0.05) is 24.6 Å². The van der Waals surface area contributed by atoms with Crippen molar-refractivity contribution in [1.29, 1.82) is 0 Å². The third-order valence-corrected chi connectivity index (χ3v) is 4.10. The number of carbonyl (C=O) groups excluding carboxylic acids is 1. The number of hydrogen-bond donors (Lipinski definition) is 2. The van der Waals surface area contributed by atoms with Gasteiger partial charge in [0, 0.05) is 11.3 Å². The zero-order chi connectivity index (χ0) is 16.1. The minimum atomic E-state index is -0.388. The number of anilines is 1. The van der Waals surface area contributed by atoms with Gasteiger partial charge in [0.05, 0.1) is 6.10 Å². The van der Waals surface area contributed by atoms with Gasteiger partial charge >= 0.3 is 0 Å². The van der Waals surface area contributed by atoms with Crippen LogP contribution in [0.2, 0.25) is 0 Å². The molecule has 120 valence electrons. The maximum absolute atomic E-state index is 12.1. The van der Waals surface area contributed by atoms with E-state index in [4.69, 9.17) is 4.74 Å². The van der Waals surface area contributed by atoms with E-state index in [0.29, 0.717) is 11.3 Å². The molecular weight excluding hydrogens is 290 g/mol. The first-order valence-corrected chi connectivity index (χ1v) is 8.03. The lowest BCUT2D eigenvalue weighted by Gasteiger charge is -2.28. The lowest BCUT2D eigenvalue weighted by molar-refractivity contribution is 0.00688. The lowest BCUT2D eigenvalue weighted by atomic mass is 9.95. The molecule has 2 aromatic carbocycles. The molecule has 0 heterocycles. The van der Waals surface area contributed by atoms with Crippen LogP contribution in [0, 0.1) is 0 Å². The summed E-state index contributed by atoms with van der Waals surface area (Å²) in [5.74, 6) is 0.579. The molecule has 0 spiro atoms. The number of benzene rings is 2. The van der Waals surface area contributed by atoms with E-state index in [-0.39, 0.29) is 18.1 Å². The number of rotatable bonds is 4. The predicted octanol–water partition coefficient (Wildman–Crippen LogP) is 3.62. The van der Waals surface area contributed by atoms with Crippen LogP contribution in [0.4, 0.5) is 5.69 Å². The topological polar surface area (TPSA) is 58.6 Å². The summed E-state index contributed by atoms with van der Waals surface area (Å²) in [4.78, 5) is 12.1. The minimum Gasteiger partial charge on any atom is -0.488 e. The molecule has 1 aliphatic rings. The van der Waals surface area contributed by atoms with Crippen molar-refractivity contribution in [2.24, 2.45) is 0 Å². The molecule has 2 unspecified atom stereocenters. The number of aliphatic hydroxyl groups is 1. The summed E-state index contributed by atoms with van der Waals surface area (Å²) in [7, 11) is 0. The standard InChI is InChI=1S/C19H21NO3/c21-17-8-4-5-9-18(17)23-16-12-10-15(11-13-16)20-19(22)14-6-2-1-3-7-14/h1-3,6-7,10-13,17-18,21H,4-5,8-9H2,(H,20,22). The van der Waals surface area contributed by atoms with E-state index in [2.05, 4.69) is 5.32 Å². The van der Waals surface area contributed by atoms with Gasteiger partial charge in [-0.15, -0.1) is 0 Å². The molecule has 2 atom stereocenters. The highest BCUT2D eigenvalue weighted by molar-refractivity contribution is 6.04. The second-order valence-corrected chi connectivity index (χ2v) is 5.85. The number of amides is 1. The lowest BCUT2D eigenvalue weighted by Crippen LogP contribution is -2.34. The molecule has 1 saturated carbocycles. The summed E-state index contributed by atoms with van der Waals surface area (Å²) in [5, 5.41) is 12.8. The minimum absolute atomic E-state index is 0.131. The van der Waals surface area contributed by atoms with Gasteiger partial charge in [0.25, 0.3) is 5.91 Å². The molecule has 4 nitrogen and oxygen atoms in total.